The first-order valence-electron chi connectivity index (χ1n) is 9.07. The van der Waals surface area contributed by atoms with Crippen LogP contribution in [0.3, 0.4) is 0 Å². The van der Waals surface area contributed by atoms with Crippen molar-refractivity contribution in [3.63, 3.8) is 0 Å². The second-order valence-electron chi connectivity index (χ2n) is 6.33. The van der Waals surface area contributed by atoms with Crippen molar-refractivity contribution in [2.24, 2.45) is 0 Å². The molecule has 0 bridgehead atoms. The molecule has 3 aromatic rings. The maximum absolute atomic E-state index is 12.7. The van der Waals surface area contributed by atoms with Gasteiger partial charge in [-0.2, -0.15) is 0 Å². The van der Waals surface area contributed by atoms with Gasteiger partial charge < -0.3 is 14.8 Å². The number of hydrogen-bond donors (Lipinski definition) is 1. The van der Waals surface area contributed by atoms with Crippen LogP contribution in [0.15, 0.2) is 66.7 Å². The summed E-state index contributed by atoms with van der Waals surface area (Å²) in [7, 11) is 0. The molecule has 0 aliphatic heterocycles. The summed E-state index contributed by atoms with van der Waals surface area (Å²) in [5.74, 6) is 1.17. The molecule has 144 valence electrons. The van der Waals surface area contributed by atoms with Crippen LogP contribution < -0.4 is 14.8 Å². The Bertz CT molecular complexity index is 972. The Labute approximate surface area is 170 Å². The zero-order chi connectivity index (χ0) is 19.9. The molecule has 0 fully saturated rings. The fourth-order valence-corrected chi connectivity index (χ4v) is 2.95. The maximum Gasteiger partial charge on any atom is 0.255 e. The number of aryl methyl sites for hydroxylation is 1. The van der Waals surface area contributed by atoms with Crippen molar-refractivity contribution in [1.29, 1.82) is 0 Å². The summed E-state index contributed by atoms with van der Waals surface area (Å²) in [5, 5.41) is 3.53. The third-order valence-corrected chi connectivity index (χ3v) is 4.32. The van der Waals surface area contributed by atoms with Gasteiger partial charge in [0.05, 0.1) is 6.61 Å². The number of amides is 1. The van der Waals surface area contributed by atoms with Crippen molar-refractivity contribution < 1.29 is 14.3 Å². The highest BCUT2D eigenvalue weighted by Crippen LogP contribution is 2.24. The molecule has 4 nitrogen and oxygen atoms in total. The standard InChI is InChI=1S/C23H22ClNO3/c1-3-27-22-11-10-17(23(26)25-20-8-4-6-16(2)12-20)13-18(22)15-28-21-9-5-7-19(24)14-21/h4-14H,3,15H2,1-2H3,(H,25,26). The molecular formula is C23H22ClNO3. The van der Waals surface area contributed by atoms with E-state index in [1.807, 2.05) is 50.2 Å². The molecule has 0 unspecified atom stereocenters. The molecule has 1 amide bonds. The maximum atomic E-state index is 12.7. The van der Waals surface area contributed by atoms with Crippen LogP contribution in [-0.2, 0) is 6.61 Å². The Morgan fingerprint density at radius 2 is 1.82 bits per heavy atom. The first kappa shape index (κ1) is 19.8. The van der Waals surface area contributed by atoms with Gasteiger partial charge in [0, 0.05) is 21.8 Å². The molecule has 0 aliphatic rings. The van der Waals surface area contributed by atoms with Gasteiger partial charge in [-0.1, -0.05) is 29.8 Å². The van der Waals surface area contributed by atoms with Crippen LogP contribution in [0.1, 0.15) is 28.4 Å². The van der Waals surface area contributed by atoms with Gasteiger partial charge in [-0.3, -0.25) is 4.79 Å². The summed E-state index contributed by atoms with van der Waals surface area (Å²) in [6.45, 7) is 4.69. The summed E-state index contributed by atoms with van der Waals surface area (Å²) in [6.07, 6.45) is 0. The largest absolute Gasteiger partial charge is 0.493 e. The Morgan fingerprint density at radius 3 is 2.57 bits per heavy atom. The average Bonchev–Trinajstić information content (AvgIpc) is 2.67. The molecule has 0 heterocycles. The number of carbonyl (C=O) groups excluding carboxylic acids is 1. The molecule has 0 saturated carbocycles. The van der Waals surface area contributed by atoms with Gasteiger partial charge in [-0.25, -0.2) is 0 Å². The van der Waals surface area contributed by atoms with Crippen LogP contribution >= 0.6 is 11.6 Å². The van der Waals surface area contributed by atoms with E-state index >= 15 is 0 Å². The molecule has 5 heteroatoms. The Hall–Kier alpha value is -2.98. The lowest BCUT2D eigenvalue weighted by Gasteiger charge is -2.14. The van der Waals surface area contributed by atoms with E-state index in [1.165, 1.54) is 0 Å². The molecule has 0 aliphatic carbocycles. The van der Waals surface area contributed by atoms with Crippen molar-refractivity contribution in [3.8, 4) is 11.5 Å². The molecule has 28 heavy (non-hydrogen) atoms. The second-order valence-corrected chi connectivity index (χ2v) is 6.76. The number of benzene rings is 3. The lowest BCUT2D eigenvalue weighted by Crippen LogP contribution is -2.13. The number of halogens is 1. The van der Waals surface area contributed by atoms with Crippen LogP contribution in [0.5, 0.6) is 11.5 Å². The van der Waals surface area contributed by atoms with E-state index in [9.17, 15) is 4.79 Å². The van der Waals surface area contributed by atoms with Crippen molar-refractivity contribution >= 4 is 23.2 Å². The number of nitrogens with one attached hydrogen (secondary N) is 1. The SMILES string of the molecule is CCOc1ccc(C(=O)Nc2cccc(C)c2)cc1COc1cccc(Cl)c1. The van der Waals surface area contributed by atoms with E-state index in [1.54, 1.807) is 30.3 Å². The van der Waals surface area contributed by atoms with Gasteiger partial charge >= 0.3 is 0 Å². The molecule has 0 radical (unpaired) electrons. The number of hydrogen-bond acceptors (Lipinski definition) is 3. The van der Waals surface area contributed by atoms with E-state index in [-0.39, 0.29) is 12.5 Å². The molecular weight excluding hydrogens is 374 g/mol. The topological polar surface area (TPSA) is 47.6 Å². The van der Waals surface area contributed by atoms with Crippen LogP contribution in [0.25, 0.3) is 0 Å². The highest BCUT2D eigenvalue weighted by molar-refractivity contribution is 6.30. The molecule has 0 saturated heterocycles. The van der Waals surface area contributed by atoms with Crippen molar-refractivity contribution in [1.82, 2.24) is 0 Å². The number of carbonyl (C=O) groups is 1. The quantitative estimate of drug-likeness (QED) is 0.543. The lowest BCUT2D eigenvalue weighted by atomic mass is 10.1. The minimum atomic E-state index is -0.183. The van der Waals surface area contributed by atoms with E-state index in [2.05, 4.69) is 5.32 Å². The normalized spacial score (nSPS) is 10.4. The van der Waals surface area contributed by atoms with Crippen LogP contribution in [0.4, 0.5) is 5.69 Å². The van der Waals surface area contributed by atoms with Crippen molar-refractivity contribution in [2.75, 3.05) is 11.9 Å². The third kappa shape index (κ3) is 5.27. The predicted molar refractivity (Wildman–Crippen MR) is 113 cm³/mol. The van der Waals surface area contributed by atoms with Crippen molar-refractivity contribution in [2.45, 2.75) is 20.5 Å². The van der Waals surface area contributed by atoms with Crippen molar-refractivity contribution in [3.05, 3.63) is 88.4 Å². The Morgan fingerprint density at radius 1 is 1.00 bits per heavy atom. The van der Waals surface area contributed by atoms with Gasteiger partial charge in [0.1, 0.15) is 18.1 Å². The minimum absolute atomic E-state index is 0.183. The number of ether oxygens (including phenoxy) is 2. The highest BCUT2D eigenvalue weighted by Gasteiger charge is 2.12. The third-order valence-electron chi connectivity index (χ3n) is 4.09. The molecule has 1 N–H and O–H groups in total. The van der Waals surface area contributed by atoms with Gasteiger partial charge in [0.15, 0.2) is 0 Å². The van der Waals surface area contributed by atoms with E-state index in [4.69, 9.17) is 21.1 Å². The zero-order valence-electron chi connectivity index (χ0n) is 15.9. The van der Waals surface area contributed by atoms with Crippen LogP contribution in [0.2, 0.25) is 5.02 Å². The summed E-state index contributed by atoms with van der Waals surface area (Å²) in [4.78, 5) is 12.7. The van der Waals surface area contributed by atoms with Crippen LogP contribution in [0, 0.1) is 6.92 Å². The fraction of sp³-hybridized carbons (Fsp3) is 0.174. The monoisotopic (exact) mass is 395 g/mol. The molecule has 0 atom stereocenters. The number of anilines is 1. The van der Waals surface area contributed by atoms with Gasteiger partial charge in [-0.15, -0.1) is 0 Å². The first-order valence-corrected chi connectivity index (χ1v) is 9.45. The highest BCUT2D eigenvalue weighted by atomic mass is 35.5. The smallest absolute Gasteiger partial charge is 0.255 e. The Balaban J connectivity index is 1.79. The molecule has 0 aromatic heterocycles. The summed E-state index contributed by atoms with van der Waals surface area (Å²) >= 11 is 6.00. The van der Waals surface area contributed by atoms with Crippen LogP contribution in [-0.4, -0.2) is 12.5 Å². The van der Waals surface area contributed by atoms with E-state index in [0.29, 0.717) is 28.7 Å². The number of rotatable bonds is 7. The summed E-state index contributed by atoms with van der Waals surface area (Å²) < 4.78 is 11.5. The predicted octanol–water partition coefficient (Wildman–Crippen LogP) is 5.88. The fourth-order valence-electron chi connectivity index (χ4n) is 2.77. The van der Waals surface area contributed by atoms with E-state index < -0.39 is 0 Å². The van der Waals surface area contributed by atoms with Gasteiger partial charge in [0.25, 0.3) is 5.91 Å². The summed E-state index contributed by atoms with van der Waals surface area (Å²) in [5.41, 5.74) is 3.17. The minimum Gasteiger partial charge on any atom is -0.493 e. The average molecular weight is 396 g/mol. The molecule has 3 rings (SSSR count). The zero-order valence-corrected chi connectivity index (χ0v) is 16.6. The second kappa shape index (κ2) is 9.29. The van der Waals surface area contributed by atoms with Gasteiger partial charge in [-0.05, 0) is 67.9 Å². The Kier molecular flexibility index (Phi) is 6.56. The lowest BCUT2D eigenvalue weighted by molar-refractivity contribution is 0.102. The first-order chi connectivity index (χ1) is 13.5. The summed E-state index contributed by atoms with van der Waals surface area (Å²) in [6, 6.07) is 20.2. The molecule has 3 aromatic carbocycles. The molecule has 0 spiro atoms. The van der Waals surface area contributed by atoms with Gasteiger partial charge in [0.2, 0.25) is 0 Å². The van der Waals surface area contributed by atoms with E-state index in [0.717, 1.165) is 16.8 Å².